The maximum absolute atomic E-state index is 7.40. The molecule has 74 valence electrons. The second kappa shape index (κ2) is 2.95. The van der Waals surface area contributed by atoms with Crippen molar-refractivity contribution in [1.82, 2.24) is 0 Å². The van der Waals surface area contributed by atoms with Crippen molar-refractivity contribution in [2.24, 2.45) is 0 Å². The van der Waals surface area contributed by atoms with Crippen LogP contribution in [-0.2, 0) is 5.41 Å². The molecular weight excluding hydrogens is 194 g/mol. The SMILES string of the molecule is CC(C)(C)c1ccc2oc(=N)sc2c1. The molecule has 1 aromatic heterocycles. The van der Waals surface area contributed by atoms with Crippen LogP contribution in [0.1, 0.15) is 26.3 Å². The summed E-state index contributed by atoms with van der Waals surface area (Å²) < 4.78 is 6.28. The van der Waals surface area contributed by atoms with Crippen LogP contribution in [0.15, 0.2) is 22.6 Å². The predicted octanol–water partition coefficient (Wildman–Crippen LogP) is 3.27. The fourth-order valence-electron chi connectivity index (χ4n) is 1.36. The molecule has 0 aliphatic rings. The van der Waals surface area contributed by atoms with Gasteiger partial charge in [0, 0.05) is 0 Å². The third-order valence-corrected chi connectivity index (χ3v) is 3.02. The van der Waals surface area contributed by atoms with Gasteiger partial charge in [0.25, 0.3) is 4.87 Å². The van der Waals surface area contributed by atoms with Crippen molar-refractivity contribution in [2.45, 2.75) is 26.2 Å². The van der Waals surface area contributed by atoms with Gasteiger partial charge in [0.1, 0.15) is 5.58 Å². The van der Waals surface area contributed by atoms with E-state index in [2.05, 4.69) is 32.9 Å². The second-order valence-corrected chi connectivity index (χ2v) is 5.42. The van der Waals surface area contributed by atoms with E-state index in [0.29, 0.717) is 0 Å². The van der Waals surface area contributed by atoms with Gasteiger partial charge < -0.3 is 4.42 Å². The van der Waals surface area contributed by atoms with Gasteiger partial charge in [-0.25, -0.2) is 0 Å². The Bertz CT molecular complexity index is 516. The van der Waals surface area contributed by atoms with E-state index in [-0.39, 0.29) is 10.3 Å². The summed E-state index contributed by atoms with van der Waals surface area (Å²) in [6, 6.07) is 6.13. The molecule has 1 N–H and O–H groups in total. The first-order valence-electron chi connectivity index (χ1n) is 4.55. The molecule has 2 nitrogen and oxygen atoms in total. The molecule has 0 spiro atoms. The molecule has 0 aliphatic heterocycles. The van der Waals surface area contributed by atoms with Crippen LogP contribution in [0.2, 0.25) is 0 Å². The van der Waals surface area contributed by atoms with Crippen molar-refractivity contribution in [3.63, 3.8) is 0 Å². The standard InChI is InChI=1S/C11H13NOS/c1-11(2,3)7-4-5-8-9(6-7)14-10(12)13-8/h4-6,12H,1-3H3. The molecule has 0 atom stereocenters. The largest absolute Gasteiger partial charge is 0.430 e. The van der Waals surface area contributed by atoms with Crippen LogP contribution in [0.3, 0.4) is 0 Å². The van der Waals surface area contributed by atoms with Crippen LogP contribution < -0.4 is 4.87 Å². The van der Waals surface area contributed by atoms with Gasteiger partial charge in [0.2, 0.25) is 0 Å². The van der Waals surface area contributed by atoms with E-state index >= 15 is 0 Å². The first kappa shape index (κ1) is 9.46. The van der Waals surface area contributed by atoms with Gasteiger partial charge in [-0.2, -0.15) is 0 Å². The normalized spacial score (nSPS) is 12.2. The Morgan fingerprint density at radius 2 is 2.00 bits per heavy atom. The lowest BCUT2D eigenvalue weighted by Crippen LogP contribution is -2.10. The van der Waals surface area contributed by atoms with Gasteiger partial charge in [0.15, 0.2) is 0 Å². The molecule has 1 aromatic carbocycles. The molecule has 0 fully saturated rings. The first-order valence-corrected chi connectivity index (χ1v) is 5.37. The van der Waals surface area contributed by atoms with E-state index in [1.54, 1.807) is 0 Å². The summed E-state index contributed by atoms with van der Waals surface area (Å²) >= 11 is 1.38. The molecule has 0 bridgehead atoms. The van der Waals surface area contributed by atoms with Crippen molar-refractivity contribution in [1.29, 1.82) is 5.41 Å². The van der Waals surface area contributed by atoms with E-state index in [4.69, 9.17) is 9.83 Å². The fourth-order valence-corrected chi connectivity index (χ4v) is 2.09. The average molecular weight is 207 g/mol. The molecule has 0 radical (unpaired) electrons. The predicted molar refractivity (Wildman–Crippen MR) is 58.6 cm³/mol. The molecular formula is C11H13NOS. The summed E-state index contributed by atoms with van der Waals surface area (Å²) in [5.74, 6) is 0. The Hall–Kier alpha value is -1.09. The summed E-state index contributed by atoms with van der Waals surface area (Å²) in [7, 11) is 0. The molecule has 1 heterocycles. The van der Waals surface area contributed by atoms with Crippen LogP contribution in [0.25, 0.3) is 10.3 Å². The fraction of sp³-hybridized carbons (Fsp3) is 0.364. The first-order chi connectivity index (χ1) is 6.47. The van der Waals surface area contributed by atoms with Crippen molar-refractivity contribution in [2.75, 3.05) is 0 Å². The van der Waals surface area contributed by atoms with E-state index < -0.39 is 0 Å². The number of hydrogen-bond acceptors (Lipinski definition) is 3. The van der Waals surface area contributed by atoms with Crippen LogP contribution in [0, 0.1) is 5.41 Å². The highest BCUT2D eigenvalue weighted by Gasteiger charge is 2.14. The van der Waals surface area contributed by atoms with Crippen LogP contribution in [0.4, 0.5) is 0 Å². The van der Waals surface area contributed by atoms with Gasteiger partial charge in [-0.3, -0.25) is 5.41 Å². The van der Waals surface area contributed by atoms with Crippen molar-refractivity contribution in [3.05, 3.63) is 28.6 Å². The highest BCUT2D eigenvalue weighted by atomic mass is 32.1. The average Bonchev–Trinajstić information content (AvgIpc) is 2.41. The zero-order valence-corrected chi connectivity index (χ0v) is 9.37. The lowest BCUT2D eigenvalue weighted by atomic mass is 9.87. The number of nitrogens with one attached hydrogen (secondary N) is 1. The summed E-state index contributed by atoms with van der Waals surface area (Å²) in [6.07, 6.45) is 0. The number of benzene rings is 1. The van der Waals surface area contributed by atoms with Crippen LogP contribution in [-0.4, -0.2) is 0 Å². The molecule has 0 unspecified atom stereocenters. The third kappa shape index (κ3) is 1.60. The smallest absolute Gasteiger partial charge is 0.271 e. The van der Waals surface area contributed by atoms with Gasteiger partial charge in [-0.05, 0) is 23.1 Å². The maximum atomic E-state index is 7.40. The minimum Gasteiger partial charge on any atom is -0.430 e. The van der Waals surface area contributed by atoms with E-state index in [9.17, 15) is 0 Å². The zero-order valence-electron chi connectivity index (χ0n) is 8.55. The van der Waals surface area contributed by atoms with Gasteiger partial charge in [-0.15, -0.1) is 0 Å². The molecule has 2 rings (SSSR count). The van der Waals surface area contributed by atoms with E-state index in [1.165, 1.54) is 16.9 Å². The van der Waals surface area contributed by atoms with Crippen molar-refractivity contribution >= 4 is 21.6 Å². The van der Waals surface area contributed by atoms with E-state index in [0.717, 1.165) is 10.3 Å². The Morgan fingerprint density at radius 3 is 2.64 bits per heavy atom. The van der Waals surface area contributed by atoms with Crippen LogP contribution in [0.5, 0.6) is 0 Å². The van der Waals surface area contributed by atoms with E-state index in [1.807, 2.05) is 6.07 Å². The van der Waals surface area contributed by atoms with Crippen molar-refractivity contribution in [3.8, 4) is 0 Å². The molecule has 0 saturated carbocycles. The molecule has 3 heteroatoms. The lowest BCUT2D eigenvalue weighted by Gasteiger charge is -2.18. The number of fused-ring (bicyclic) bond motifs is 1. The monoisotopic (exact) mass is 207 g/mol. The summed E-state index contributed by atoms with van der Waals surface area (Å²) in [6.45, 7) is 6.54. The highest BCUT2D eigenvalue weighted by Crippen LogP contribution is 2.26. The zero-order chi connectivity index (χ0) is 10.3. The molecule has 2 aromatic rings. The Kier molecular flexibility index (Phi) is 2.00. The Balaban J connectivity index is 2.67. The molecule has 0 amide bonds. The molecule has 0 saturated heterocycles. The summed E-state index contributed by atoms with van der Waals surface area (Å²) in [5, 5.41) is 7.40. The van der Waals surface area contributed by atoms with Gasteiger partial charge >= 0.3 is 0 Å². The lowest BCUT2D eigenvalue weighted by molar-refractivity contribution is 0.558. The molecule has 0 aliphatic carbocycles. The van der Waals surface area contributed by atoms with Gasteiger partial charge in [0.05, 0.1) is 4.70 Å². The number of rotatable bonds is 0. The molecule has 14 heavy (non-hydrogen) atoms. The maximum Gasteiger partial charge on any atom is 0.271 e. The minimum absolute atomic E-state index is 0.153. The number of hydrogen-bond donors (Lipinski definition) is 1. The van der Waals surface area contributed by atoms with Gasteiger partial charge in [-0.1, -0.05) is 38.2 Å². The summed E-state index contributed by atoms with van der Waals surface area (Å²) in [4.78, 5) is 0.269. The third-order valence-electron chi connectivity index (χ3n) is 2.22. The summed E-state index contributed by atoms with van der Waals surface area (Å²) in [5.41, 5.74) is 2.25. The second-order valence-electron chi connectivity index (χ2n) is 4.40. The quantitative estimate of drug-likeness (QED) is 0.707. The van der Waals surface area contributed by atoms with Crippen LogP contribution >= 0.6 is 11.3 Å². The Morgan fingerprint density at radius 1 is 1.29 bits per heavy atom. The minimum atomic E-state index is 0.153. The Labute approximate surface area is 86.7 Å². The highest BCUT2D eigenvalue weighted by molar-refractivity contribution is 7.16. The topological polar surface area (TPSA) is 37.0 Å². The van der Waals surface area contributed by atoms with Crippen molar-refractivity contribution < 1.29 is 4.42 Å².